The fourth-order valence-electron chi connectivity index (χ4n) is 3.91. The molecule has 1 saturated carbocycles. The average molecular weight is 300 g/mol. The lowest BCUT2D eigenvalue weighted by atomic mass is 9.81. The van der Waals surface area contributed by atoms with Crippen molar-refractivity contribution in [2.45, 2.75) is 63.5 Å². The second kappa shape index (κ2) is 7.28. The van der Waals surface area contributed by atoms with E-state index >= 15 is 0 Å². The van der Waals surface area contributed by atoms with Crippen molar-refractivity contribution in [3.63, 3.8) is 0 Å². The number of hydrogen-bond acceptors (Lipinski definition) is 2. The van der Waals surface area contributed by atoms with Crippen LogP contribution >= 0.6 is 0 Å². The second-order valence-electron chi connectivity index (χ2n) is 7.10. The van der Waals surface area contributed by atoms with E-state index in [4.69, 9.17) is 0 Å². The van der Waals surface area contributed by atoms with Crippen LogP contribution in [0.3, 0.4) is 0 Å². The summed E-state index contributed by atoms with van der Waals surface area (Å²) in [6.07, 6.45) is 6.74. The smallest absolute Gasteiger partial charge is 0.237 e. The Morgan fingerprint density at radius 1 is 1.09 bits per heavy atom. The largest absolute Gasteiger partial charge is 0.352 e. The number of nitrogens with one attached hydrogen (secondary N) is 2. The summed E-state index contributed by atoms with van der Waals surface area (Å²) in [7, 11) is 0. The second-order valence-corrected chi connectivity index (χ2v) is 7.10. The highest BCUT2D eigenvalue weighted by molar-refractivity contribution is 5.82. The van der Waals surface area contributed by atoms with Gasteiger partial charge in [-0.1, -0.05) is 37.3 Å². The molecule has 3 nitrogen and oxygen atoms in total. The molecule has 3 heteroatoms. The Kier molecular flexibility index (Phi) is 5.14. The number of carbonyl (C=O) groups excluding carboxylic acids is 1. The van der Waals surface area contributed by atoms with Gasteiger partial charge in [-0.3, -0.25) is 4.79 Å². The van der Waals surface area contributed by atoms with Crippen molar-refractivity contribution in [1.29, 1.82) is 0 Å². The molecule has 1 aromatic rings. The first kappa shape index (κ1) is 15.5. The Morgan fingerprint density at radius 2 is 1.82 bits per heavy atom. The first-order chi connectivity index (χ1) is 10.7. The van der Waals surface area contributed by atoms with Crippen molar-refractivity contribution in [2.75, 3.05) is 6.54 Å². The van der Waals surface area contributed by atoms with E-state index in [0.717, 1.165) is 25.8 Å². The highest BCUT2D eigenvalue weighted by atomic mass is 16.2. The summed E-state index contributed by atoms with van der Waals surface area (Å²) < 4.78 is 0. The molecular formula is C19H28N2O. The molecule has 0 radical (unpaired) electrons. The zero-order valence-corrected chi connectivity index (χ0v) is 13.6. The zero-order valence-electron chi connectivity index (χ0n) is 13.6. The molecule has 1 aliphatic carbocycles. The summed E-state index contributed by atoms with van der Waals surface area (Å²) in [5.41, 5.74) is 1.45. The van der Waals surface area contributed by atoms with Crippen LogP contribution in [0.1, 0.15) is 56.9 Å². The average Bonchev–Trinajstić information content (AvgIpc) is 2.56. The predicted octanol–water partition coefficient (Wildman–Crippen LogP) is 3.22. The summed E-state index contributed by atoms with van der Waals surface area (Å²) in [6.45, 7) is 3.21. The maximum Gasteiger partial charge on any atom is 0.237 e. The van der Waals surface area contributed by atoms with Gasteiger partial charge in [0.15, 0.2) is 0 Å². The number of hydrogen-bond donors (Lipinski definition) is 2. The van der Waals surface area contributed by atoms with Gasteiger partial charge in [0.25, 0.3) is 0 Å². The molecule has 1 aliphatic heterocycles. The maximum absolute atomic E-state index is 12.4. The summed E-state index contributed by atoms with van der Waals surface area (Å²) in [5, 5.41) is 6.64. The zero-order chi connectivity index (χ0) is 15.4. The van der Waals surface area contributed by atoms with Gasteiger partial charge in [0.05, 0.1) is 6.04 Å². The van der Waals surface area contributed by atoms with Gasteiger partial charge in [0.1, 0.15) is 0 Å². The van der Waals surface area contributed by atoms with E-state index in [1.165, 1.54) is 24.8 Å². The van der Waals surface area contributed by atoms with Gasteiger partial charge < -0.3 is 10.6 Å². The molecule has 0 aromatic heterocycles. The van der Waals surface area contributed by atoms with Gasteiger partial charge in [0, 0.05) is 6.04 Å². The lowest BCUT2D eigenvalue weighted by Gasteiger charge is -2.32. The molecule has 0 spiro atoms. The van der Waals surface area contributed by atoms with Crippen molar-refractivity contribution in [1.82, 2.24) is 10.6 Å². The van der Waals surface area contributed by atoms with Crippen LogP contribution in [0.2, 0.25) is 0 Å². The van der Waals surface area contributed by atoms with E-state index in [2.05, 4.69) is 47.9 Å². The summed E-state index contributed by atoms with van der Waals surface area (Å²) in [6, 6.07) is 11.2. The Balaban J connectivity index is 1.46. The lowest BCUT2D eigenvalue weighted by molar-refractivity contribution is -0.125. The van der Waals surface area contributed by atoms with Crippen LogP contribution < -0.4 is 10.6 Å². The van der Waals surface area contributed by atoms with Gasteiger partial charge in [-0.05, 0) is 62.5 Å². The molecule has 1 aromatic carbocycles. The normalized spacial score (nSPS) is 32.4. The van der Waals surface area contributed by atoms with Gasteiger partial charge in [-0.15, -0.1) is 0 Å². The molecule has 120 valence electrons. The van der Waals surface area contributed by atoms with Gasteiger partial charge >= 0.3 is 0 Å². The minimum Gasteiger partial charge on any atom is -0.352 e. The van der Waals surface area contributed by atoms with Crippen LogP contribution in [0, 0.1) is 5.92 Å². The van der Waals surface area contributed by atoms with E-state index in [1.54, 1.807) is 0 Å². The van der Waals surface area contributed by atoms with Gasteiger partial charge in [0.2, 0.25) is 5.91 Å². The monoisotopic (exact) mass is 300 g/mol. The van der Waals surface area contributed by atoms with Crippen molar-refractivity contribution < 1.29 is 4.79 Å². The van der Waals surface area contributed by atoms with Crippen molar-refractivity contribution in [3.8, 4) is 0 Å². The van der Waals surface area contributed by atoms with Crippen LogP contribution in [-0.2, 0) is 4.79 Å². The quantitative estimate of drug-likeness (QED) is 0.900. The van der Waals surface area contributed by atoms with Gasteiger partial charge in [-0.25, -0.2) is 0 Å². The third-order valence-corrected chi connectivity index (χ3v) is 5.33. The number of rotatable bonds is 3. The van der Waals surface area contributed by atoms with E-state index in [1.807, 2.05) is 0 Å². The maximum atomic E-state index is 12.4. The van der Waals surface area contributed by atoms with E-state index in [0.29, 0.717) is 17.9 Å². The van der Waals surface area contributed by atoms with Crippen LogP contribution in [0.25, 0.3) is 0 Å². The number of benzene rings is 1. The first-order valence-electron chi connectivity index (χ1n) is 8.81. The van der Waals surface area contributed by atoms with Gasteiger partial charge in [-0.2, -0.15) is 0 Å². The Morgan fingerprint density at radius 3 is 2.50 bits per heavy atom. The standard InChI is InChI=1S/C19H28N2O/c1-14-11-12-20-18(13-14)19(22)21-17-9-7-16(8-10-17)15-5-3-2-4-6-15/h2-6,14,16-18,20H,7-13H2,1H3,(H,21,22). The highest BCUT2D eigenvalue weighted by Gasteiger charge is 2.28. The molecule has 22 heavy (non-hydrogen) atoms. The summed E-state index contributed by atoms with van der Waals surface area (Å²) in [4.78, 5) is 12.4. The van der Waals surface area contributed by atoms with E-state index in [9.17, 15) is 4.79 Å². The van der Waals surface area contributed by atoms with Crippen molar-refractivity contribution in [3.05, 3.63) is 35.9 Å². The fourth-order valence-corrected chi connectivity index (χ4v) is 3.91. The molecule has 2 aliphatic rings. The highest BCUT2D eigenvalue weighted by Crippen LogP contribution is 2.32. The van der Waals surface area contributed by atoms with Crippen LogP contribution in [0.5, 0.6) is 0 Å². The van der Waals surface area contributed by atoms with E-state index in [-0.39, 0.29) is 11.9 Å². The third kappa shape index (κ3) is 3.89. The molecule has 1 saturated heterocycles. The summed E-state index contributed by atoms with van der Waals surface area (Å²) >= 11 is 0. The number of amides is 1. The third-order valence-electron chi connectivity index (χ3n) is 5.33. The van der Waals surface area contributed by atoms with Crippen LogP contribution in [0.15, 0.2) is 30.3 Å². The Bertz CT molecular complexity index is 479. The molecule has 3 rings (SSSR count). The Labute approximate surface area is 133 Å². The first-order valence-corrected chi connectivity index (χ1v) is 8.81. The summed E-state index contributed by atoms with van der Waals surface area (Å²) in [5.74, 6) is 1.54. The molecule has 1 heterocycles. The molecule has 0 bridgehead atoms. The SMILES string of the molecule is CC1CCNC(C(=O)NC2CCC(c3ccccc3)CC2)C1. The molecule has 2 fully saturated rings. The minimum absolute atomic E-state index is 0.0237. The minimum atomic E-state index is 0.0237. The molecule has 2 N–H and O–H groups in total. The van der Waals surface area contributed by atoms with E-state index < -0.39 is 0 Å². The number of carbonyl (C=O) groups is 1. The van der Waals surface area contributed by atoms with Crippen LogP contribution in [-0.4, -0.2) is 24.5 Å². The fraction of sp³-hybridized carbons (Fsp3) is 0.632. The van der Waals surface area contributed by atoms with Crippen LogP contribution in [0.4, 0.5) is 0 Å². The molecular weight excluding hydrogens is 272 g/mol. The molecule has 2 atom stereocenters. The Hall–Kier alpha value is -1.35. The number of piperidine rings is 1. The predicted molar refractivity (Wildman–Crippen MR) is 89.8 cm³/mol. The molecule has 1 amide bonds. The molecule has 2 unspecified atom stereocenters. The van der Waals surface area contributed by atoms with Crippen molar-refractivity contribution >= 4 is 5.91 Å². The van der Waals surface area contributed by atoms with Crippen molar-refractivity contribution in [2.24, 2.45) is 5.92 Å². The topological polar surface area (TPSA) is 41.1 Å². The lowest BCUT2D eigenvalue weighted by Crippen LogP contribution is -2.51.